The van der Waals surface area contributed by atoms with Crippen LogP contribution in [0.2, 0.25) is 0 Å². The van der Waals surface area contributed by atoms with E-state index in [1.807, 2.05) is 12.1 Å². The molecule has 0 saturated carbocycles. The Bertz CT molecular complexity index is 358. The summed E-state index contributed by atoms with van der Waals surface area (Å²) in [5.74, 6) is 0.321. The number of nitrogens with one attached hydrogen (secondary N) is 1. The summed E-state index contributed by atoms with van der Waals surface area (Å²) in [5.41, 5.74) is 1.46. The minimum Gasteiger partial charge on any atom is -0.508 e. The predicted molar refractivity (Wildman–Crippen MR) is 82.9 cm³/mol. The number of anilines is 1. The van der Waals surface area contributed by atoms with Crippen LogP contribution in [0.4, 0.5) is 5.69 Å². The summed E-state index contributed by atoms with van der Waals surface area (Å²) >= 11 is 0. The van der Waals surface area contributed by atoms with Crippen LogP contribution in [-0.4, -0.2) is 31.8 Å². The molecule has 0 unspecified atom stereocenters. The van der Waals surface area contributed by atoms with E-state index in [0.717, 1.165) is 25.3 Å². The molecule has 1 aromatic carbocycles. The van der Waals surface area contributed by atoms with Gasteiger partial charge < -0.3 is 15.3 Å². The smallest absolute Gasteiger partial charge is 0.115 e. The van der Waals surface area contributed by atoms with E-state index in [9.17, 15) is 5.11 Å². The van der Waals surface area contributed by atoms with Crippen LogP contribution < -0.4 is 10.2 Å². The molecule has 0 aromatic heterocycles. The molecule has 0 bridgehead atoms. The molecule has 1 rings (SSSR count). The SMILES string of the molecule is CCNCC(CC)(CC)CN(C)c1ccc(O)cc1. The minimum absolute atomic E-state index is 0.308. The standard InChI is InChI=1S/C16H28N2O/c1-5-16(6-2,12-17-7-3)13-18(4)14-8-10-15(19)11-9-14/h8-11,17,19H,5-7,12-13H2,1-4H3. The van der Waals surface area contributed by atoms with E-state index in [1.54, 1.807) is 12.1 Å². The summed E-state index contributed by atoms with van der Waals surface area (Å²) in [4.78, 5) is 2.28. The maximum absolute atomic E-state index is 9.35. The van der Waals surface area contributed by atoms with Crippen LogP contribution >= 0.6 is 0 Å². The van der Waals surface area contributed by atoms with Crippen LogP contribution in [0.15, 0.2) is 24.3 Å². The van der Waals surface area contributed by atoms with Crippen molar-refractivity contribution in [1.82, 2.24) is 5.32 Å². The van der Waals surface area contributed by atoms with Gasteiger partial charge in [-0.05, 0) is 49.1 Å². The van der Waals surface area contributed by atoms with E-state index in [2.05, 4.69) is 38.0 Å². The van der Waals surface area contributed by atoms with Crippen molar-refractivity contribution in [3.8, 4) is 5.75 Å². The quantitative estimate of drug-likeness (QED) is 0.756. The van der Waals surface area contributed by atoms with Crippen molar-refractivity contribution in [3.05, 3.63) is 24.3 Å². The fourth-order valence-corrected chi connectivity index (χ4v) is 2.47. The number of phenols is 1. The van der Waals surface area contributed by atoms with Gasteiger partial charge >= 0.3 is 0 Å². The van der Waals surface area contributed by atoms with Gasteiger partial charge in [-0.15, -0.1) is 0 Å². The average Bonchev–Trinajstić information content (AvgIpc) is 2.44. The van der Waals surface area contributed by atoms with Crippen LogP contribution in [0.3, 0.4) is 0 Å². The molecule has 108 valence electrons. The van der Waals surface area contributed by atoms with Crippen molar-refractivity contribution in [2.45, 2.75) is 33.6 Å². The Balaban J connectivity index is 2.75. The molecular weight excluding hydrogens is 236 g/mol. The molecule has 0 amide bonds. The van der Waals surface area contributed by atoms with Crippen LogP contribution in [0, 0.1) is 5.41 Å². The largest absolute Gasteiger partial charge is 0.508 e. The maximum atomic E-state index is 9.35. The maximum Gasteiger partial charge on any atom is 0.115 e. The van der Waals surface area contributed by atoms with Gasteiger partial charge in [0.25, 0.3) is 0 Å². The summed E-state index contributed by atoms with van der Waals surface area (Å²) in [7, 11) is 2.12. The Labute approximate surface area is 117 Å². The Morgan fingerprint density at radius 1 is 1.11 bits per heavy atom. The van der Waals surface area contributed by atoms with Crippen molar-refractivity contribution in [2.24, 2.45) is 5.41 Å². The fraction of sp³-hybridized carbons (Fsp3) is 0.625. The zero-order valence-electron chi connectivity index (χ0n) is 12.7. The lowest BCUT2D eigenvalue weighted by molar-refractivity contribution is 0.258. The van der Waals surface area contributed by atoms with Gasteiger partial charge in [0.05, 0.1) is 0 Å². The highest BCUT2D eigenvalue weighted by Gasteiger charge is 2.27. The van der Waals surface area contributed by atoms with Gasteiger partial charge in [-0.2, -0.15) is 0 Å². The van der Waals surface area contributed by atoms with E-state index < -0.39 is 0 Å². The first kappa shape index (κ1) is 15.8. The number of phenolic OH excluding ortho intramolecular Hbond substituents is 1. The van der Waals surface area contributed by atoms with Crippen molar-refractivity contribution < 1.29 is 5.11 Å². The van der Waals surface area contributed by atoms with Crippen molar-refractivity contribution in [2.75, 3.05) is 31.6 Å². The third-order valence-corrected chi connectivity index (χ3v) is 4.11. The minimum atomic E-state index is 0.308. The predicted octanol–water partition coefficient (Wildman–Crippen LogP) is 3.24. The Kier molecular flexibility index (Phi) is 6.16. The number of hydrogen-bond acceptors (Lipinski definition) is 3. The molecule has 0 aliphatic heterocycles. The first-order valence-electron chi connectivity index (χ1n) is 7.27. The molecule has 0 radical (unpaired) electrons. The average molecular weight is 264 g/mol. The highest BCUT2D eigenvalue weighted by molar-refractivity contribution is 5.48. The van der Waals surface area contributed by atoms with E-state index >= 15 is 0 Å². The summed E-state index contributed by atoms with van der Waals surface area (Å²) < 4.78 is 0. The van der Waals surface area contributed by atoms with Gasteiger partial charge in [0.15, 0.2) is 0 Å². The van der Waals surface area contributed by atoms with Gasteiger partial charge in [-0.1, -0.05) is 20.8 Å². The Hall–Kier alpha value is -1.22. The highest BCUT2D eigenvalue weighted by Crippen LogP contribution is 2.29. The van der Waals surface area contributed by atoms with Crippen molar-refractivity contribution >= 4 is 5.69 Å². The number of aromatic hydroxyl groups is 1. The molecule has 0 heterocycles. The summed E-state index contributed by atoms with van der Waals surface area (Å²) in [6, 6.07) is 7.43. The van der Waals surface area contributed by atoms with Crippen molar-refractivity contribution in [3.63, 3.8) is 0 Å². The van der Waals surface area contributed by atoms with E-state index in [4.69, 9.17) is 0 Å². The number of benzene rings is 1. The molecular formula is C16H28N2O. The van der Waals surface area contributed by atoms with Crippen LogP contribution in [0.5, 0.6) is 5.75 Å². The van der Waals surface area contributed by atoms with E-state index in [1.165, 1.54) is 12.8 Å². The second kappa shape index (κ2) is 7.39. The van der Waals surface area contributed by atoms with Gasteiger partial charge in [-0.25, -0.2) is 0 Å². The second-order valence-corrected chi connectivity index (χ2v) is 5.36. The topological polar surface area (TPSA) is 35.5 Å². The third-order valence-electron chi connectivity index (χ3n) is 4.11. The second-order valence-electron chi connectivity index (χ2n) is 5.36. The number of nitrogens with zero attached hydrogens (tertiary/aromatic N) is 1. The van der Waals surface area contributed by atoms with Crippen molar-refractivity contribution in [1.29, 1.82) is 0 Å². The molecule has 0 aliphatic rings. The lowest BCUT2D eigenvalue weighted by Crippen LogP contribution is -2.42. The van der Waals surface area contributed by atoms with Crippen LogP contribution in [0.25, 0.3) is 0 Å². The molecule has 0 spiro atoms. The van der Waals surface area contributed by atoms with Gasteiger partial charge in [-0.3, -0.25) is 0 Å². The molecule has 19 heavy (non-hydrogen) atoms. The zero-order chi connectivity index (χ0) is 14.3. The van der Waals surface area contributed by atoms with Crippen LogP contribution in [-0.2, 0) is 0 Å². The first-order valence-corrected chi connectivity index (χ1v) is 7.27. The molecule has 1 aromatic rings. The van der Waals surface area contributed by atoms with Gasteiger partial charge in [0, 0.05) is 25.8 Å². The molecule has 0 aliphatic carbocycles. The summed E-state index contributed by atoms with van der Waals surface area (Å²) in [5, 5.41) is 12.8. The monoisotopic (exact) mass is 264 g/mol. The molecule has 0 saturated heterocycles. The lowest BCUT2D eigenvalue weighted by Gasteiger charge is -2.37. The Morgan fingerprint density at radius 2 is 1.68 bits per heavy atom. The first-order chi connectivity index (χ1) is 9.06. The molecule has 2 N–H and O–H groups in total. The summed E-state index contributed by atoms with van der Waals surface area (Å²) in [6.45, 7) is 9.79. The molecule has 0 atom stereocenters. The van der Waals surface area contributed by atoms with E-state index in [-0.39, 0.29) is 0 Å². The molecule has 3 heteroatoms. The van der Waals surface area contributed by atoms with Crippen LogP contribution in [0.1, 0.15) is 33.6 Å². The van der Waals surface area contributed by atoms with Gasteiger partial charge in [0.1, 0.15) is 5.75 Å². The van der Waals surface area contributed by atoms with Gasteiger partial charge in [0.2, 0.25) is 0 Å². The molecule has 0 fully saturated rings. The molecule has 3 nitrogen and oxygen atoms in total. The zero-order valence-corrected chi connectivity index (χ0v) is 12.7. The summed E-state index contributed by atoms with van der Waals surface area (Å²) in [6.07, 6.45) is 2.33. The third kappa shape index (κ3) is 4.43. The lowest BCUT2D eigenvalue weighted by atomic mass is 9.81. The number of rotatable bonds is 8. The van der Waals surface area contributed by atoms with E-state index in [0.29, 0.717) is 11.2 Å². The Morgan fingerprint density at radius 3 is 2.16 bits per heavy atom. The normalized spacial score (nSPS) is 11.6. The fourth-order valence-electron chi connectivity index (χ4n) is 2.47. The number of hydrogen-bond donors (Lipinski definition) is 2. The highest BCUT2D eigenvalue weighted by atomic mass is 16.3.